The van der Waals surface area contributed by atoms with E-state index < -0.39 is 0 Å². The Labute approximate surface area is 116 Å². The Morgan fingerprint density at radius 1 is 1.44 bits per heavy atom. The van der Waals surface area contributed by atoms with E-state index >= 15 is 0 Å². The third-order valence-electron chi connectivity index (χ3n) is 3.88. The molecular formula is C14H19BrN2O. The van der Waals surface area contributed by atoms with Crippen LogP contribution in [0.25, 0.3) is 0 Å². The number of benzene rings is 1. The molecule has 98 valence electrons. The number of likely N-dealkylation sites (tertiary alicyclic amines) is 1. The molecule has 0 aromatic heterocycles. The van der Waals surface area contributed by atoms with Crippen LogP contribution in [0.3, 0.4) is 0 Å². The lowest BCUT2D eigenvalue weighted by Gasteiger charge is -2.38. The number of piperidine rings is 1. The molecule has 1 aromatic carbocycles. The van der Waals surface area contributed by atoms with Gasteiger partial charge in [-0.1, -0.05) is 6.92 Å². The molecule has 3 nitrogen and oxygen atoms in total. The molecule has 18 heavy (non-hydrogen) atoms. The second-order valence-corrected chi connectivity index (χ2v) is 5.95. The van der Waals surface area contributed by atoms with Crippen LogP contribution >= 0.6 is 15.9 Å². The monoisotopic (exact) mass is 310 g/mol. The van der Waals surface area contributed by atoms with E-state index in [9.17, 15) is 4.79 Å². The summed E-state index contributed by atoms with van der Waals surface area (Å²) in [5, 5.41) is 0. The summed E-state index contributed by atoms with van der Waals surface area (Å²) in [4.78, 5) is 14.5. The first-order chi connectivity index (χ1) is 8.50. The van der Waals surface area contributed by atoms with Gasteiger partial charge in [0.25, 0.3) is 5.91 Å². The number of hydrogen-bond donors (Lipinski definition) is 1. The van der Waals surface area contributed by atoms with Crippen LogP contribution < -0.4 is 5.73 Å². The number of rotatable bonds is 1. The number of carbonyl (C=O) groups excluding carboxylic acids is 1. The van der Waals surface area contributed by atoms with Crippen molar-refractivity contribution in [3.05, 3.63) is 28.2 Å². The summed E-state index contributed by atoms with van der Waals surface area (Å²) in [6, 6.07) is 5.69. The van der Waals surface area contributed by atoms with Crippen LogP contribution in [0.15, 0.2) is 22.7 Å². The lowest BCUT2D eigenvalue weighted by atomic mass is 9.91. The summed E-state index contributed by atoms with van der Waals surface area (Å²) < 4.78 is 0.783. The topological polar surface area (TPSA) is 46.3 Å². The van der Waals surface area contributed by atoms with Gasteiger partial charge in [-0.2, -0.15) is 0 Å². The highest BCUT2D eigenvalue weighted by Crippen LogP contribution is 2.26. The molecule has 1 heterocycles. The second kappa shape index (κ2) is 5.31. The van der Waals surface area contributed by atoms with E-state index in [1.807, 2.05) is 11.0 Å². The number of carbonyl (C=O) groups is 1. The summed E-state index contributed by atoms with van der Waals surface area (Å²) in [6.07, 6.45) is 2.30. The quantitative estimate of drug-likeness (QED) is 0.809. The highest BCUT2D eigenvalue weighted by Gasteiger charge is 2.29. The van der Waals surface area contributed by atoms with Crippen LogP contribution in [0.1, 0.15) is 37.0 Å². The van der Waals surface area contributed by atoms with Crippen LogP contribution in [-0.2, 0) is 0 Å². The van der Waals surface area contributed by atoms with E-state index in [0.717, 1.165) is 17.4 Å². The number of nitrogens with two attached hydrogens (primary N) is 1. The molecule has 0 saturated carbocycles. The summed E-state index contributed by atoms with van der Waals surface area (Å²) in [5.41, 5.74) is 7.11. The van der Waals surface area contributed by atoms with Crippen molar-refractivity contribution in [2.75, 3.05) is 12.3 Å². The van der Waals surface area contributed by atoms with Gasteiger partial charge in [0, 0.05) is 28.3 Å². The van der Waals surface area contributed by atoms with Gasteiger partial charge in [-0.15, -0.1) is 0 Å². The van der Waals surface area contributed by atoms with E-state index in [-0.39, 0.29) is 5.91 Å². The van der Waals surface area contributed by atoms with Crippen molar-refractivity contribution in [1.82, 2.24) is 4.90 Å². The van der Waals surface area contributed by atoms with Crippen LogP contribution in [0, 0.1) is 5.92 Å². The molecule has 0 aliphatic carbocycles. The van der Waals surface area contributed by atoms with Crippen LogP contribution in [0.4, 0.5) is 5.69 Å². The average molecular weight is 311 g/mol. The van der Waals surface area contributed by atoms with Crippen molar-refractivity contribution in [2.45, 2.75) is 32.7 Å². The molecule has 1 saturated heterocycles. The Morgan fingerprint density at radius 3 is 2.83 bits per heavy atom. The average Bonchev–Trinajstić information content (AvgIpc) is 2.35. The molecule has 1 aliphatic heterocycles. The Hall–Kier alpha value is -1.03. The van der Waals surface area contributed by atoms with E-state index in [1.54, 1.807) is 12.1 Å². The molecule has 1 amide bonds. The maximum absolute atomic E-state index is 12.5. The van der Waals surface area contributed by atoms with Crippen molar-refractivity contribution in [3.8, 4) is 0 Å². The van der Waals surface area contributed by atoms with Crippen LogP contribution in [0.5, 0.6) is 0 Å². The lowest BCUT2D eigenvalue weighted by molar-refractivity contribution is 0.0551. The largest absolute Gasteiger partial charge is 0.398 e. The predicted molar refractivity (Wildman–Crippen MR) is 77.5 cm³/mol. The number of amides is 1. The summed E-state index contributed by atoms with van der Waals surface area (Å²) >= 11 is 3.37. The maximum Gasteiger partial charge on any atom is 0.254 e. The fraction of sp³-hybridized carbons (Fsp3) is 0.500. The fourth-order valence-electron chi connectivity index (χ4n) is 2.45. The molecule has 0 radical (unpaired) electrons. The van der Waals surface area contributed by atoms with E-state index in [4.69, 9.17) is 5.73 Å². The molecule has 2 N–H and O–H groups in total. The SMILES string of the molecule is CC1CCCN(C(=O)c2ccc(N)c(Br)c2)C1C. The van der Waals surface area contributed by atoms with Crippen molar-refractivity contribution >= 4 is 27.5 Å². The Balaban J connectivity index is 2.22. The molecule has 1 aliphatic rings. The highest BCUT2D eigenvalue weighted by molar-refractivity contribution is 9.10. The van der Waals surface area contributed by atoms with Gasteiger partial charge in [0.05, 0.1) is 0 Å². The number of nitrogens with zero attached hydrogens (tertiary/aromatic N) is 1. The van der Waals surface area contributed by atoms with E-state index in [0.29, 0.717) is 23.2 Å². The standard InChI is InChI=1S/C14H19BrN2O/c1-9-4-3-7-17(10(9)2)14(18)11-5-6-13(16)12(15)8-11/h5-6,8-10H,3-4,7,16H2,1-2H3. The lowest BCUT2D eigenvalue weighted by Crippen LogP contribution is -2.46. The van der Waals surface area contributed by atoms with Gasteiger partial charge < -0.3 is 10.6 Å². The molecule has 0 spiro atoms. The van der Waals surface area contributed by atoms with Gasteiger partial charge in [0.15, 0.2) is 0 Å². The first-order valence-corrected chi connectivity index (χ1v) is 7.16. The van der Waals surface area contributed by atoms with Gasteiger partial charge in [-0.3, -0.25) is 4.79 Å². The zero-order chi connectivity index (χ0) is 13.3. The van der Waals surface area contributed by atoms with E-state index in [2.05, 4.69) is 29.8 Å². The molecular weight excluding hydrogens is 292 g/mol. The van der Waals surface area contributed by atoms with Crippen molar-refractivity contribution < 1.29 is 4.79 Å². The molecule has 2 rings (SSSR count). The Morgan fingerprint density at radius 2 is 2.17 bits per heavy atom. The normalized spacial score (nSPS) is 24.1. The molecule has 1 fully saturated rings. The minimum absolute atomic E-state index is 0.106. The number of anilines is 1. The molecule has 1 aromatic rings. The molecule has 4 heteroatoms. The maximum atomic E-state index is 12.5. The summed E-state index contributed by atoms with van der Waals surface area (Å²) in [5.74, 6) is 0.676. The first kappa shape index (κ1) is 13.4. The van der Waals surface area contributed by atoms with Crippen LogP contribution in [0.2, 0.25) is 0 Å². The van der Waals surface area contributed by atoms with Crippen molar-refractivity contribution in [1.29, 1.82) is 0 Å². The second-order valence-electron chi connectivity index (χ2n) is 5.09. The van der Waals surface area contributed by atoms with Gasteiger partial charge in [-0.05, 0) is 59.8 Å². The molecule has 0 bridgehead atoms. The van der Waals surface area contributed by atoms with Gasteiger partial charge >= 0.3 is 0 Å². The fourth-order valence-corrected chi connectivity index (χ4v) is 2.83. The minimum atomic E-state index is 0.106. The van der Waals surface area contributed by atoms with Gasteiger partial charge in [-0.25, -0.2) is 0 Å². The number of halogens is 1. The smallest absolute Gasteiger partial charge is 0.254 e. The number of nitrogen functional groups attached to an aromatic ring is 1. The number of hydrogen-bond acceptors (Lipinski definition) is 2. The van der Waals surface area contributed by atoms with Gasteiger partial charge in [0.2, 0.25) is 0 Å². The molecule has 2 unspecified atom stereocenters. The predicted octanol–water partition coefficient (Wildman–Crippen LogP) is 3.29. The zero-order valence-electron chi connectivity index (χ0n) is 10.8. The highest BCUT2D eigenvalue weighted by atomic mass is 79.9. The van der Waals surface area contributed by atoms with Crippen LogP contribution in [-0.4, -0.2) is 23.4 Å². The summed E-state index contributed by atoms with van der Waals surface area (Å²) in [6.45, 7) is 5.20. The summed E-state index contributed by atoms with van der Waals surface area (Å²) in [7, 11) is 0. The Bertz CT molecular complexity index is 461. The minimum Gasteiger partial charge on any atom is -0.398 e. The van der Waals surface area contributed by atoms with Crippen molar-refractivity contribution in [2.24, 2.45) is 5.92 Å². The third kappa shape index (κ3) is 2.53. The first-order valence-electron chi connectivity index (χ1n) is 6.36. The zero-order valence-corrected chi connectivity index (χ0v) is 12.4. The van der Waals surface area contributed by atoms with Crippen molar-refractivity contribution in [3.63, 3.8) is 0 Å². The molecule has 2 atom stereocenters. The van der Waals surface area contributed by atoms with Gasteiger partial charge in [0.1, 0.15) is 0 Å². The Kier molecular flexibility index (Phi) is 3.95. The third-order valence-corrected chi connectivity index (χ3v) is 4.57. The van der Waals surface area contributed by atoms with E-state index in [1.165, 1.54) is 6.42 Å².